The molecule has 0 radical (unpaired) electrons. The van der Waals surface area contributed by atoms with Gasteiger partial charge in [0.1, 0.15) is 0 Å². The number of benzene rings is 9. The fraction of sp³-hybridized carbons (Fsp3) is 0. The van der Waals surface area contributed by atoms with Crippen molar-refractivity contribution in [2.45, 2.75) is 0 Å². The Kier molecular flexibility index (Phi) is 4.64. The molecular formula is C50H27BN2. The van der Waals surface area contributed by atoms with Gasteiger partial charge in [-0.15, -0.1) is 0 Å². The molecule has 0 amide bonds. The minimum Gasteiger partial charge on any atom is -0.375 e. The molecule has 2 aliphatic heterocycles. The van der Waals surface area contributed by atoms with Gasteiger partial charge < -0.3 is 8.88 Å². The van der Waals surface area contributed by atoms with Crippen molar-refractivity contribution in [3.8, 4) is 33.4 Å². The van der Waals surface area contributed by atoms with Crippen LogP contribution in [-0.2, 0) is 0 Å². The molecule has 0 saturated heterocycles. The maximum atomic E-state index is 2.72. The Labute approximate surface area is 304 Å². The Hall–Kier alpha value is -6.84. The van der Waals surface area contributed by atoms with Crippen LogP contribution in [0.15, 0.2) is 164 Å². The van der Waals surface area contributed by atoms with Crippen molar-refractivity contribution >= 4 is 99.2 Å². The van der Waals surface area contributed by atoms with Crippen LogP contribution in [0.3, 0.4) is 0 Å². The molecule has 14 rings (SSSR count). The van der Waals surface area contributed by atoms with Crippen molar-refractivity contribution in [2.75, 3.05) is 0 Å². The molecule has 3 aromatic heterocycles. The highest BCUT2D eigenvalue weighted by Gasteiger charge is 2.43. The van der Waals surface area contributed by atoms with E-state index in [4.69, 9.17) is 0 Å². The third-order valence-corrected chi connectivity index (χ3v) is 12.7. The zero-order valence-corrected chi connectivity index (χ0v) is 28.6. The van der Waals surface area contributed by atoms with E-state index in [1.807, 2.05) is 0 Å². The van der Waals surface area contributed by atoms with E-state index in [1.165, 1.54) is 126 Å². The summed E-state index contributed by atoms with van der Waals surface area (Å²) in [6, 6.07) is 61.8. The second-order valence-electron chi connectivity index (χ2n) is 15.2. The second kappa shape index (κ2) is 9.14. The van der Waals surface area contributed by atoms with E-state index >= 15 is 0 Å². The molecule has 240 valence electrons. The van der Waals surface area contributed by atoms with E-state index in [9.17, 15) is 0 Å². The minimum atomic E-state index is 0.00466. The van der Waals surface area contributed by atoms with Gasteiger partial charge in [-0.25, -0.2) is 0 Å². The van der Waals surface area contributed by atoms with E-state index in [-0.39, 0.29) is 6.85 Å². The summed E-state index contributed by atoms with van der Waals surface area (Å²) < 4.78 is 5.39. The van der Waals surface area contributed by atoms with Crippen molar-refractivity contribution in [2.24, 2.45) is 0 Å². The molecule has 2 nitrogen and oxygen atoms in total. The Bertz CT molecular complexity index is 3610. The van der Waals surface area contributed by atoms with Gasteiger partial charge in [0.2, 0.25) is 0 Å². The summed E-state index contributed by atoms with van der Waals surface area (Å²) >= 11 is 0. The Morgan fingerprint density at radius 3 is 1.77 bits per heavy atom. The standard InChI is InChI=1S/C50H27BN2/c1-3-12-28(13-4-1)32-23-39-40-24-33(29-14-5-2-6-15-29)26-42-49(40)52-47(39)41(25-32)45-35-19-10-9-18-34(35)44-37-21-11-20-36-38-22-30-16-7-8-17-31(30)27-43(38)53(48(36)37)51(42)46(44)50(45)52/h1-27H. The summed E-state index contributed by atoms with van der Waals surface area (Å²) in [4.78, 5) is 0. The van der Waals surface area contributed by atoms with E-state index in [0.717, 1.165) is 0 Å². The molecule has 0 fully saturated rings. The molecule has 5 heterocycles. The van der Waals surface area contributed by atoms with Crippen LogP contribution in [0, 0.1) is 0 Å². The maximum Gasteiger partial charge on any atom is 0.333 e. The van der Waals surface area contributed by atoms with Crippen LogP contribution in [0.4, 0.5) is 0 Å². The van der Waals surface area contributed by atoms with Gasteiger partial charge in [0.05, 0.1) is 16.6 Å². The Morgan fingerprint density at radius 2 is 1.00 bits per heavy atom. The molecule has 2 aliphatic rings. The fourth-order valence-corrected chi connectivity index (χ4v) is 10.7. The molecule has 0 N–H and O–H groups in total. The molecule has 12 aromatic rings. The lowest BCUT2D eigenvalue weighted by atomic mass is 9.45. The lowest BCUT2D eigenvalue weighted by Crippen LogP contribution is -2.54. The maximum absolute atomic E-state index is 2.72. The Balaban J connectivity index is 1.28. The third-order valence-electron chi connectivity index (χ3n) is 12.7. The van der Waals surface area contributed by atoms with Crippen molar-refractivity contribution in [3.05, 3.63) is 164 Å². The molecule has 53 heavy (non-hydrogen) atoms. The molecule has 3 heteroatoms. The van der Waals surface area contributed by atoms with Crippen LogP contribution in [0.25, 0.3) is 115 Å². The molecule has 0 aliphatic carbocycles. The van der Waals surface area contributed by atoms with Gasteiger partial charge in [-0.3, -0.25) is 0 Å². The summed E-state index contributed by atoms with van der Waals surface area (Å²) in [6.07, 6.45) is 0. The van der Waals surface area contributed by atoms with E-state index in [2.05, 4.69) is 173 Å². The normalized spacial score (nSPS) is 13.2. The summed E-state index contributed by atoms with van der Waals surface area (Å²) in [7, 11) is 0. The molecule has 9 aromatic carbocycles. The summed E-state index contributed by atoms with van der Waals surface area (Å²) in [6.45, 7) is 0.00466. The fourth-order valence-electron chi connectivity index (χ4n) is 10.7. The predicted molar refractivity (Wildman–Crippen MR) is 226 cm³/mol. The van der Waals surface area contributed by atoms with Crippen LogP contribution in [0.1, 0.15) is 0 Å². The molecule has 0 unspecified atom stereocenters. The Morgan fingerprint density at radius 1 is 0.377 bits per heavy atom. The molecule has 0 saturated carbocycles. The van der Waals surface area contributed by atoms with Crippen molar-refractivity contribution < 1.29 is 0 Å². The third kappa shape index (κ3) is 3.08. The van der Waals surface area contributed by atoms with Gasteiger partial charge in [-0.2, -0.15) is 0 Å². The smallest absolute Gasteiger partial charge is 0.333 e. The first kappa shape index (κ1) is 26.9. The summed E-state index contributed by atoms with van der Waals surface area (Å²) in [5, 5.41) is 13.3. The van der Waals surface area contributed by atoms with Gasteiger partial charge in [0.15, 0.2) is 0 Å². The van der Waals surface area contributed by atoms with E-state index in [1.54, 1.807) is 0 Å². The number of aromatic nitrogens is 2. The number of nitrogens with zero attached hydrogens (tertiary/aromatic N) is 2. The predicted octanol–water partition coefficient (Wildman–Crippen LogP) is 11.5. The monoisotopic (exact) mass is 666 g/mol. The van der Waals surface area contributed by atoms with Crippen LogP contribution >= 0.6 is 0 Å². The van der Waals surface area contributed by atoms with Crippen molar-refractivity contribution in [1.82, 2.24) is 8.88 Å². The zero-order chi connectivity index (χ0) is 34.1. The lowest BCUT2D eigenvalue weighted by Gasteiger charge is -2.32. The van der Waals surface area contributed by atoms with Gasteiger partial charge in [0.25, 0.3) is 0 Å². The number of para-hydroxylation sites is 1. The SMILES string of the molecule is c1ccc(-c2cc3c4c(c2)c2cc(-c5ccccc5)cc5c6c7ccccc7c7c(c6n4c25)B3n2c3cc4ccccc4cc3c3cccc-7c32)cc1. The average Bonchev–Trinajstić information content (AvgIpc) is 3.86. The molecule has 0 bridgehead atoms. The highest BCUT2D eigenvalue weighted by Crippen LogP contribution is 2.50. The van der Waals surface area contributed by atoms with E-state index in [0.29, 0.717) is 0 Å². The first-order chi connectivity index (χ1) is 26.3. The van der Waals surface area contributed by atoms with Crippen LogP contribution in [0.2, 0.25) is 0 Å². The molecular weight excluding hydrogens is 639 g/mol. The summed E-state index contributed by atoms with van der Waals surface area (Å²) in [5.41, 5.74) is 17.2. The number of hydrogen-bond acceptors (Lipinski definition) is 0. The van der Waals surface area contributed by atoms with Crippen molar-refractivity contribution in [3.63, 3.8) is 0 Å². The number of fused-ring (bicyclic) bond motifs is 12. The lowest BCUT2D eigenvalue weighted by molar-refractivity contribution is 1.31. The van der Waals surface area contributed by atoms with Crippen LogP contribution in [0.5, 0.6) is 0 Å². The minimum absolute atomic E-state index is 0.00466. The van der Waals surface area contributed by atoms with Gasteiger partial charge in [-0.05, 0) is 90.6 Å². The van der Waals surface area contributed by atoms with Crippen LogP contribution < -0.4 is 10.9 Å². The highest BCUT2D eigenvalue weighted by molar-refractivity contribution is 6.91. The first-order valence-electron chi connectivity index (χ1n) is 18.6. The van der Waals surface area contributed by atoms with E-state index < -0.39 is 0 Å². The quantitative estimate of drug-likeness (QED) is 0.163. The first-order valence-corrected chi connectivity index (χ1v) is 18.6. The van der Waals surface area contributed by atoms with Gasteiger partial charge in [0, 0.05) is 48.9 Å². The van der Waals surface area contributed by atoms with Gasteiger partial charge in [-0.1, -0.05) is 133 Å². The highest BCUT2D eigenvalue weighted by atomic mass is 15.0. The average molecular weight is 667 g/mol. The van der Waals surface area contributed by atoms with Gasteiger partial charge >= 0.3 is 6.85 Å². The number of hydrogen-bond donors (Lipinski definition) is 0. The topological polar surface area (TPSA) is 9.34 Å². The van der Waals surface area contributed by atoms with Crippen LogP contribution in [-0.4, -0.2) is 15.7 Å². The zero-order valence-electron chi connectivity index (χ0n) is 28.6. The van der Waals surface area contributed by atoms with Crippen molar-refractivity contribution in [1.29, 1.82) is 0 Å². The molecule has 0 atom stereocenters. The summed E-state index contributed by atoms with van der Waals surface area (Å²) in [5.74, 6) is 0. The largest absolute Gasteiger partial charge is 0.375 e. The second-order valence-corrected chi connectivity index (χ2v) is 15.2. The number of rotatable bonds is 2. The molecule has 0 spiro atoms.